The van der Waals surface area contributed by atoms with Gasteiger partial charge in [0.2, 0.25) is 0 Å². The molecule has 0 unspecified atom stereocenters. The van der Waals surface area contributed by atoms with Crippen molar-refractivity contribution in [3.8, 4) is 17.6 Å². The van der Waals surface area contributed by atoms with Crippen LogP contribution in [0.1, 0.15) is 34.3 Å². The van der Waals surface area contributed by atoms with Crippen molar-refractivity contribution in [1.29, 1.82) is 5.26 Å². The summed E-state index contributed by atoms with van der Waals surface area (Å²) in [6.07, 6.45) is 1.64. The third-order valence-corrected chi connectivity index (χ3v) is 7.02. The Balaban J connectivity index is 1.32. The van der Waals surface area contributed by atoms with Gasteiger partial charge in [0.15, 0.2) is 5.13 Å². The number of aliphatic hydroxyl groups excluding tert-OH is 1. The fourth-order valence-electron chi connectivity index (χ4n) is 3.86. The second kappa shape index (κ2) is 9.41. The standard InChI is InChI=1S/C27H22N4O4S/c1-16-5-6-19(35-20-7-8-21-23(13-20)36-26(30-21)31-24(33)14-32)12-22(16)29-25(34)17-3-2-4-18(11-17)27(15-28)9-10-27/h2-8,11-13,32H,9-10,14H2,1H3,(H,29,34)(H,30,31,33). The van der Waals surface area contributed by atoms with E-state index in [1.165, 1.54) is 11.3 Å². The van der Waals surface area contributed by atoms with Gasteiger partial charge in [-0.05, 0) is 61.2 Å². The first-order valence-electron chi connectivity index (χ1n) is 11.3. The predicted octanol–water partition coefficient (Wildman–Crippen LogP) is 5.14. The number of aromatic nitrogens is 1. The molecule has 0 saturated heterocycles. The van der Waals surface area contributed by atoms with E-state index in [4.69, 9.17) is 9.84 Å². The molecule has 3 N–H and O–H groups in total. The lowest BCUT2D eigenvalue weighted by Crippen LogP contribution is -2.14. The number of hydrogen-bond acceptors (Lipinski definition) is 7. The molecule has 1 saturated carbocycles. The Morgan fingerprint density at radius 2 is 1.89 bits per heavy atom. The SMILES string of the molecule is Cc1ccc(Oc2ccc3nc(NC(=O)CO)sc3c2)cc1NC(=O)c1cccc(C2(C#N)CC2)c1. The van der Waals surface area contributed by atoms with E-state index in [1.54, 1.807) is 30.3 Å². The number of nitriles is 1. The maximum Gasteiger partial charge on any atom is 0.255 e. The van der Waals surface area contributed by atoms with Gasteiger partial charge in [-0.25, -0.2) is 4.98 Å². The molecule has 0 radical (unpaired) electrons. The minimum Gasteiger partial charge on any atom is -0.457 e. The Morgan fingerprint density at radius 1 is 1.11 bits per heavy atom. The molecule has 0 spiro atoms. The Labute approximate surface area is 211 Å². The zero-order chi connectivity index (χ0) is 25.3. The van der Waals surface area contributed by atoms with Crippen LogP contribution in [0.25, 0.3) is 10.2 Å². The Bertz CT molecular complexity index is 1530. The van der Waals surface area contributed by atoms with Gasteiger partial charge in [-0.15, -0.1) is 0 Å². The van der Waals surface area contributed by atoms with Crippen LogP contribution < -0.4 is 15.4 Å². The van der Waals surface area contributed by atoms with Crippen molar-refractivity contribution in [2.75, 3.05) is 17.2 Å². The smallest absolute Gasteiger partial charge is 0.255 e. The number of thiazole rings is 1. The number of benzene rings is 3. The molecule has 2 amide bonds. The fraction of sp³-hybridized carbons (Fsp3) is 0.185. The van der Waals surface area contributed by atoms with Crippen molar-refractivity contribution in [1.82, 2.24) is 4.98 Å². The van der Waals surface area contributed by atoms with E-state index >= 15 is 0 Å². The Hall–Kier alpha value is -4.26. The second-order valence-electron chi connectivity index (χ2n) is 8.66. The quantitative estimate of drug-likeness (QED) is 0.324. The van der Waals surface area contributed by atoms with Crippen LogP contribution >= 0.6 is 11.3 Å². The lowest BCUT2D eigenvalue weighted by atomic mass is 9.96. The first-order valence-corrected chi connectivity index (χ1v) is 12.1. The molecule has 0 aliphatic heterocycles. The summed E-state index contributed by atoms with van der Waals surface area (Å²) in [6, 6.07) is 20.4. The number of hydrogen-bond donors (Lipinski definition) is 3. The monoisotopic (exact) mass is 498 g/mol. The Kier molecular flexibility index (Phi) is 6.14. The van der Waals surface area contributed by atoms with E-state index in [2.05, 4.69) is 21.7 Å². The first-order chi connectivity index (χ1) is 17.4. The summed E-state index contributed by atoms with van der Waals surface area (Å²) in [7, 11) is 0. The van der Waals surface area contributed by atoms with Crippen LogP contribution in [0.5, 0.6) is 11.5 Å². The van der Waals surface area contributed by atoms with E-state index in [9.17, 15) is 14.9 Å². The average Bonchev–Trinajstić information content (AvgIpc) is 3.59. The molecule has 4 aromatic rings. The maximum absolute atomic E-state index is 13.0. The largest absolute Gasteiger partial charge is 0.457 e. The van der Waals surface area contributed by atoms with Gasteiger partial charge in [-0.3, -0.25) is 14.9 Å². The molecule has 1 heterocycles. The van der Waals surface area contributed by atoms with Crippen LogP contribution in [-0.4, -0.2) is 28.5 Å². The summed E-state index contributed by atoms with van der Waals surface area (Å²) < 4.78 is 6.84. The number of carbonyl (C=O) groups excluding carboxylic acids is 2. The van der Waals surface area contributed by atoms with Gasteiger partial charge in [0.1, 0.15) is 18.1 Å². The zero-order valence-electron chi connectivity index (χ0n) is 19.4. The number of aryl methyl sites for hydroxylation is 1. The second-order valence-corrected chi connectivity index (χ2v) is 9.69. The van der Waals surface area contributed by atoms with Crippen molar-refractivity contribution in [3.63, 3.8) is 0 Å². The number of ether oxygens (including phenoxy) is 1. The number of fused-ring (bicyclic) bond motifs is 1. The van der Waals surface area contributed by atoms with E-state index < -0.39 is 17.9 Å². The van der Waals surface area contributed by atoms with E-state index in [-0.39, 0.29) is 5.91 Å². The van der Waals surface area contributed by atoms with Gasteiger partial charge in [0.05, 0.1) is 21.7 Å². The van der Waals surface area contributed by atoms with Crippen LogP contribution in [0.15, 0.2) is 60.7 Å². The number of amides is 2. The average molecular weight is 499 g/mol. The van der Waals surface area contributed by atoms with Gasteiger partial charge in [-0.2, -0.15) is 5.26 Å². The summed E-state index contributed by atoms with van der Waals surface area (Å²) in [5.41, 5.74) is 3.12. The van der Waals surface area contributed by atoms with Gasteiger partial charge in [-0.1, -0.05) is 29.5 Å². The highest BCUT2D eigenvalue weighted by Crippen LogP contribution is 2.47. The van der Waals surface area contributed by atoms with E-state index in [1.807, 2.05) is 37.3 Å². The highest BCUT2D eigenvalue weighted by Gasteiger charge is 2.45. The molecule has 9 heteroatoms. The van der Waals surface area contributed by atoms with Crippen molar-refractivity contribution in [3.05, 3.63) is 77.4 Å². The zero-order valence-corrected chi connectivity index (χ0v) is 20.2. The Morgan fingerprint density at radius 3 is 2.64 bits per heavy atom. The van der Waals surface area contributed by atoms with Crippen LogP contribution in [0.4, 0.5) is 10.8 Å². The molecule has 1 aliphatic carbocycles. The third-order valence-electron chi connectivity index (χ3n) is 6.08. The molecule has 5 rings (SSSR count). The predicted molar refractivity (Wildman–Crippen MR) is 138 cm³/mol. The lowest BCUT2D eigenvalue weighted by Gasteiger charge is -2.13. The summed E-state index contributed by atoms with van der Waals surface area (Å²) in [5, 5.41) is 24.3. The lowest BCUT2D eigenvalue weighted by molar-refractivity contribution is -0.118. The summed E-state index contributed by atoms with van der Waals surface area (Å²) in [6.45, 7) is 1.29. The molecule has 0 bridgehead atoms. The molecule has 1 fully saturated rings. The number of nitrogens with one attached hydrogen (secondary N) is 2. The highest BCUT2D eigenvalue weighted by molar-refractivity contribution is 7.22. The first kappa shape index (κ1) is 23.5. The van der Waals surface area contributed by atoms with E-state index in [0.717, 1.165) is 28.7 Å². The van der Waals surface area contributed by atoms with Gasteiger partial charge in [0, 0.05) is 23.4 Å². The minimum absolute atomic E-state index is 0.255. The number of carbonyl (C=O) groups is 2. The van der Waals surface area contributed by atoms with Crippen LogP contribution in [0.3, 0.4) is 0 Å². The molecule has 1 aromatic heterocycles. The maximum atomic E-state index is 13.0. The van der Waals surface area contributed by atoms with Crippen molar-refractivity contribution >= 4 is 44.2 Å². The van der Waals surface area contributed by atoms with Crippen LogP contribution in [-0.2, 0) is 10.2 Å². The topological polar surface area (TPSA) is 124 Å². The third kappa shape index (κ3) is 4.77. The number of nitrogens with zero attached hydrogens (tertiary/aromatic N) is 2. The van der Waals surface area contributed by atoms with E-state index in [0.29, 0.717) is 33.4 Å². The van der Waals surface area contributed by atoms with Crippen molar-refractivity contribution in [2.45, 2.75) is 25.2 Å². The molecule has 3 aromatic carbocycles. The number of anilines is 2. The fourth-order valence-corrected chi connectivity index (χ4v) is 4.77. The highest BCUT2D eigenvalue weighted by atomic mass is 32.1. The van der Waals surface area contributed by atoms with Gasteiger partial charge in [0.25, 0.3) is 11.8 Å². The molecule has 36 heavy (non-hydrogen) atoms. The van der Waals surface area contributed by atoms with Crippen molar-refractivity contribution in [2.24, 2.45) is 0 Å². The van der Waals surface area contributed by atoms with Gasteiger partial charge >= 0.3 is 0 Å². The molecule has 1 aliphatic rings. The molecular weight excluding hydrogens is 476 g/mol. The summed E-state index contributed by atoms with van der Waals surface area (Å²) >= 11 is 1.27. The van der Waals surface area contributed by atoms with Crippen molar-refractivity contribution < 1.29 is 19.4 Å². The number of aliphatic hydroxyl groups is 1. The molecule has 0 atom stereocenters. The summed E-state index contributed by atoms with van der Waals surface area (Å²) in [5.74, 6) is 0.341. The van der Waals surface area contributed by atoms with Gasteiger partial charge < -0.3 is 15.2 Å². The minimum atomic E-state index is -0.608. The van der Waals surface area contributed by atoms with Crippen LogP contribution in [0.2, 0.25) is 0 Å². The molecular formula is C27H22N4O4S. The molecule has 180 valence electrons. The normalized spacial score (nSPS) is 13.6. The van der Waals surface area contributed by atoms with Crippen LogP contribution in [0, 0.1) is 18.3 Å². The summed E-state index contributed by atoms with van der Waals surface area (Å²) in [4.78, 5) is 28.7. The number of rotatable bonds is 7. The molecule has 8 nitrogen and oxygen atoms in total.